The van der Waals surface area contributed by atoms with Crippen LogP contribution in [0.25, 0.3) is 0 Å². The normalized spacial score (nSPS) is 13.9. The molecule has 2 rings (SSSR count). The fraction of sp³-hybridized carbons (Fsp3) is 0.429. The minimum atomic E-state index is -0.200. The molecule has 108 valence electrons. The van der Waals surface area contributed by atoms with Crippen LogP contribution in [0.3, 0.4) is 0 Å². The second-order valence-electron chi connectivity index (χ2n) is 4.69. The van der Waals surface area contributed by atoms with Crippen LogP contribution in [0.4, 0.5) is 5.69 Å². The molecule has 1 saturated carbocycles. The van der Waals surface area contributed by atoms with E-state index < -0.39 is 0 Å². The van der Waals surface area contributed by atoms with E-state index >= 15 is 0 Å². The molecule has 1 aliphatic carbocycles. The van der Waals surface area contributed by atoms with E-state index in [0.29, 0.717) is 17.6 Å². The Morgan fingerprint density at radius 3 is 2.75 bits per heavy atom. The largest absolute Gasteiger partial charge is 0.465 e. The van der Waals surface area contributed by atoms with Crippen molar-refractivity contribution in [2.24, 2.45) is 5.73 Å². The molecule has 0 aromatic heterocycles. The summed E-state index contributed by atoms with van der Waals surface area (Å²) in [5.74, 6) is -0.200. The van der Waals surface area contributed by atoms with Crippen molar-refractivity contribution < 1.29 is 9.53 Å². The number of hydrogen-bond donors (Lipinski definition) is 1. The van der Waals surface area contributed by atoms with Gasteiger partial charge in [0.25, 0.3) is 0 Å². The van der Waals surface area contributed by atoms with Crippen LogP contribution in [0.15, 0.2) is 22.7 Å². The number of thiocarbonyl (C=S) groups is 1. The van der Waals surface area contributed by atoms with E-state index in [2.05, 4.69) is 20.8 Å². The summed E-state index contributed by atoms with van der Waals surface area (Å²) >= 11 is 8.46. The molecule has 0 aliphatic heterocycles. The van der Waals surface area contributed by atoms with Gasteiger partial charge in [-0.3, -0.25) is 4.79 Å². The first-order valence-electron chi connectivity index (χ1n) is 6.54. The first kappa shape index (κ1) is 15.3. The van der Waals surface area contributed by atoms with Crippen LogP contribution in [0.5, 0.6) is 0 Å². The average molecular weight is 357 g/mol. The van der Waals surface area contributed by atoms with Gasteiger partial charge in [0, 0.05) is 21.8 Å². The number of halogens is 1. The third-order valence-corrected chi connectivity index (χ3v) is 4.02. The van der Waals surface area contributed by atoms with Gasteiger partial charge in [-0.15, -0.1) is 0 Å². The lowest BCUT2D eigenvalue weighted by Crippen LogP contribution is -2.33. The number of anilines is 1. The summed E-state index contributed by atoms with van der Waals surface area (Å²) in [6, 6.07) is 6.19. The Bertz CT molecular complexity index is 532. The number of carbonyl (C=O) groups is 1. The molecule has 0 spiro atoms. The second-order valence-corrected chi connectivity index (χ2v) is 5.99. The molecule has 20 heavy (non-hydrogen) atoms. The standard InChI is InChI=1S/C14H17BrN2O2S/c1-2-19-13(18)8-17(9-3-4-9)10-5-6-11(14(16)20)12(15)7-10/h5-7,9H,2-4,8H2,1H3,(H2,16,20). The average Bonchev–Trinajstić information content (AvgIpc) is 3.20. The summed E-state index contributed by atoms with van der Waals surface area (Å²) < 4.78 is 5.88. The van der Waals surface area contributed by atoms with Gasteiger partial charge >= 0.3 is 5.97 Å². The number of carbonyl (C=O) groups excluding carboxylic acids is 1. The van der Waals surface area contributed by atoms with E-state index in [1.165, 1.54) is 0 Å². The number of esters is 1. The Labute approximate surface area is 132 Å². The van der Waals surface area contributed by atoms with Gasteiger partial charge in [-0.05, 0) is 53.9 Å². The highest BCUT2D eigenvalue weighted by molar-refractivity contribution is 9.10. The molecular weight excluding hydrogens is 340 g/mol. The Balaban J connectivity index is 2.19. The Kier molecular flexibility index (Phi) is 4.99. The molecule has 1 aromatic rings. The molecule has 0 amide bonds. The van der Waals surface area contributed by atoms with E-state index in [1.807, 2.05) is 25.1 Å². The van der Waals surface area contributed by atoms with Crippen LogP contribution in [0.2, 0.25) is 0 Å². The van der Waals surface area contributed by atoms with Gasteiger partial charge in [-0.1, -0.05) is 12.2 Å². The van der Waals surface area contributed by atoms with Crippen LogP contribution in [-0.2, 0) is 9.53 Å². The molecule has 0 heterocycles. The SMILES string of the molecule is CCOC(=O)CN(c1ccc(C(N)=S)c(Br)c1)C1CC1. The molecule has 0 unspecified atom stereocenters. The van der Waals surface area contributed by atoms with Crippen molar-refractivity contribution in [3.63, 3.8) is 0 Å². The van der Waals surface area contributed by atoms with E-state index in [-0.39, 0.29) is 12.5 Å². The number of benzene rings is 1. The molecule has 0 atom stereocenters. The molecule has 6 heteroatoms. The van der Waals surface area contributed by atoms with Gasteiger partial charge in [-0.25, -0.2) is 0 Å². The van der Waals surface area contributed by atoms with Gasteiger partial charge in [-0.2, -0.15) is 0 Å². The Morgan fingerprint density at radius 2 is 2.25 bits per heavy atom. The molecule has 2 N–H and O–H groups in total. The molecule has 0 saturated heterocycles. The fourth-order valence-electron chi connectivity index (χ4n) is 2.05. The zero-order valence-electron chi connectivity index (χ0n) is 11.3. The topological polar surface area (TPSA) is 55.6 Å². The first-order chi connectivity index (χ1) is 9.52. The number of ether oxygens (including phenoxy) is 1. The third-order valence-electron chi connectivity index (χ3n) is 3.14. The second kappa shape index (κ2) is 6.54. The van der Waals surface area contributed by atoms with E-state index in [4.69, 9.17) is 22.7 Å². The lowest BCUT2D eigenvalue weighted by molar-refractivity contribution is -0.141. The fourth-order valence-corrected chi connectivity index (χ4v) is 2.94. The van der Waals surface area contributed by atoms with Crippen LogP contribution in [-0.4, -0.2) is 30.2 Å². The lowest BCUT2D eigenvalue weighted by Gasteiger charge is -2.24. The number of nitrogens with two attached hydrogens (primary N) is 1. The summed E-state index contributed by atoms with van der Waals surface area (Å²) in [7, 11) is 0. The number of nitrogens with zero attached hydrogens (tertiary/aromatic N) is 1. The predicted octanol–water partition coefficient (Wildman–Crippen LogP) is 2.62. The van der Waals surface area contributed by atoms with Crippen molar-refractivity contribution >= 4 is 44.8 Å². The molecule has 4 nitrogen and oxygen atoms in total. The summed E-state index contributed by atoms with van der Waals surface area (Å²) in [5, 5.41) is 0. The van der Waals surface area contributed by atoms with Gasteiger partial charge in [0.2, 0.25) is 0 Å². The number of hydrogen-bond acceptors (Lipinski definition) is 4. The maximum Gasteiger partial charge on any atom is 0.325 e. The monoisotopic (exact) mass is 356 g/mol. The smallest absolute Gasteiger partial charge is 0.325 e. The molecule has 1 fully saturated rings. The summed E-state index contributed by atoms with van der Waals surface area (Å²) in [6.07, 6.45) is 2.21. The zero-order chi connectivity index (χ0) is 14.7. The van der Waals surface area contributed by atoms with Crippen LogP contribution >= 0.6 is 28.1 Å². The van der Waals surface area contributed by atoms with Crippen molar-refractivity contribution in [2.45, 2.75) is 25.8 Å². The molecule has 0 bridgehead atoms. The first-order valence-corrected chi connectivity index (χ1v) is 7.74. The van der Waals surface area contributed by atoms with Gasteiger partial charge < -0.3 is 15.4 Å². The van der Waals surface area contributed by atoms with Crippen LogP contribution in [0.1, 0.15) is 25.3 Å². The highest BCUT2D eigenvalue weighted by atomic mass is 79.9. The lowest BCUT2D eigenvalue weighted by atomic mass is 10.2. The summed E-state index contributed by atoms with van der Waals surface area (Å²) in [5.41, 5.74) is 7.43. The maximum absolute atomic E-state index is 11.7. The van der Waals surface area contributed by atoms with Crippen LogP contribution in [0, 0.1) is 0 Å². The van der Waals surface area contributed by atoms with E-state index in [1.54, 1.807) is 0 Å². The van der Waals surface area contributed by atoms with Crippen LogP contribution < -0.4 is 10.6 Å². The van der Waals surface area contributed by atoms with Gasteiger partial charge in [0.1, 0.15) is 11.5 Å². The third kappa shape index (κ3) is 3.70. The minimum absolute atomic E-state index is 0.200. The zero-order valence-corrected chi connectivity index (χ0v) is 13.7. The summed E-state index contributed by atoms with van der Waals surface area (Å²) in [4.78, 5) is 14.1. The highest BCUT2D eigenvalue weighted by Crippen LogP contribution is 2.33. The van der Waals surface area contributed by atoms with Crippen molar-refractivity contribution in [1.29, 1.82) is 0 Å². The predicted molar refractivity (Wildman–Crippen MR) is 87.0 cm³/mol. The molecule has 1 aromatic carbocycles. The van der Waals surface area contributed by atoms with E-state index in [0.717, 1.165) is 28.6 Å². The van der Waals surface area contributed by atoms with Crippen molar-refractivity contribution in [3.05, 3.63) is 28.2 Å². The van der Waals surface area contributed by atoms with Crippen molar-refractivity contribution in [2.75, 3.05) is 18.1 Å². The Hall–Kier alpha value is -1.14. The summed E-state index contributed by atoms with van der Waals surface area (Å²) in [6.45, 7) is 2.49. The van der Waals surface area contributed by atoms with Crippen molar-refractivity contribution in [1.82, 2.24) is 0 Å². The molecular formula is C14H17BrN2O2S. The minimum Gasteiger partial charge on any atom is -0.465 e. The highest BCUT2D eigenvalue weighted by Gasteiger charge is 2.31. The van der Waals surface area contributed by atoms with E-state index in [9.17, 15) is 4.79 Å². The number of rotatable bonds is 6. The van der Waals surface area contributed by atoms with Gasteiger partial charge in [0.05, 0.1) is 6.61 Å². The molecule has 0 radical (unpaired) electrons. The molecule has 1 aliphatic rings. The van der Waals surface area contributed by atoms with Crippen molar-refractivity contribution in [3.8, 4) is 0 Å². The Morgan fingerprint density at radius 1 is 1.55 bits per heavy atom. The quantitative estimate of drug-likeness (QED) is 0.627. The van der Waals surface area contributed by atoms with Gasteiger partial charge in [0.15, 0.2) is 0 Å². The maximum atomic E-state index is 11.7.